The number of benzene rings is 2. The van der Waals surface area contributed by atoms with Crippen molar-refractivity contribution in [3.8, 4) is 5.75 Å². The molecule has 34 heavy (non-hydrogen) atoms. The molecule has 176 valence electrons. The maximum atomic E-state index is 12.5. The Balaban J connectivity index is 1.28. The highest BCUT2D eigenvalue weighted by atomic mass is 16.5. The standard InChI is InChI=1S/C26H27N3O5/c1-17-5-3-7-23(18(17)2)28-24(30)16-34-21-10-8-20(9-11-21)29-15-19(13-25(29)31)26(32)27-14-22-6-4-12-33-22/h3-12,19H,13-16H2,1-2H3,(H,27,32)(H,28,30)/t19-/m1/s1. The molecule has 2 N–H and O–H groups in total. The van der Waals surface area contributed by atoms with Crippen LogP contribution in [0.3, 0.4) is 0 Å². The molecule has 0 saturated carbocycles. The van der Waals surface area contributed by atoms with Crippen molar-refractivity contribution in [2.75, 3.05) is 23.4 Å². The van der Waals surface area contributed by atoms with E-state index in [1.807, 2.05) is 32.0 Å². The normalized spacial score (nSPS) is 15.3. The van der Waals surface area contributed by atoms with Crippen LogP contribution in [0, 0.1) is 19.8 Å². The van der Waals surface area contributed by atoms with Gasteiger partial charge >= 0.3 is 0 Å². The van der Waals surface area contributed by atoms with Crippen LogP contribution in [0.15, 0.2) is 65.3 Å². The fourth-order valence-electron chi connectivity index (χ4n) is 3.81. The highest BCUT2D eigenvalue weighted by Crippen LogP contribution is 2.27. The van der Waals surface area contributed by atoms with E-state index in [0.717, 1.165) is 16.8 Å². The average Bonchev–Trinajstić information content (AvgIpc) is 3.49. The number of carbonyl (C=O) groups excluding carboxylic acids is 3. The van der Waals surface area contributed by atoms with E-state index in [2.05, 4.69) is 10.6 Å². The molecule has 2 heterocycles. The SMILES string of the molecule is Cc1cccc(NC(=O)COc2ccc(N3C[C@H](C(=O)NCc4ccco4)CC3=O)cc2)c1C. The van der Waals surface area contributed by atoms with Gasteiger partial charge in [0.2, 0.25) is 11.8 Å². The lowest BCUT2D eigenvalue weighted by Gasteiger charge is -2.17. The third kappa shape index (κ3) is 5.46. The maximum absolute atomic E-state index is 12.5. The molecule has 4 rings (SSSR count). The Hall–Kier alpha value is -4.07. The van der Waals surface area contributed by atoms with Gasteiger partial charge in [0.1, 0.15) is 11.5 Å². The largest absolute Gasteiger partial charge is 0.484 e. The summed E-state index contributed by atoms with van der Waals surface area (Å²) in [6.07, 6.45) is 1.70. The van der Waals surface area contributed by atoms with Crippen LogP contribution >= 0.6 is 0 Å². The van der Waals surface area contributed by atoms with Gasteiger partial charge in [-0.2, -0.15) is 0 Å². The predicted molar refractivity (Wildman–Crippen MR) is 127 cm³/mol. The van der Waals surface area contributed by atoms with Crippen LogP contribution in [0.1, 0.15) is 23.3 Å². The highest BCUT2D eigenvalue weighted by molar-refractivity contribution is 6.00. The average molecular weight is 462 g/mol. The molecule has 1 aromatic heterocycles. The third-order valence-corrected chi connectivity index (χ3v) is 5.91. The summed E-state index contributed by atoms with van der Waals surface area (Å²) in [6, 6.07) is 16.2. The number of furan rings is 1. The van der Waals surface area contributed by atoms with E-state index in [-0.39, 0.29) is 30.7 Å². The number of rotatable bonds is 8. The van der Waals surface area contributed by atoms with Gasteiger partial charge in [-0.3, -0.25) is 14.4 Å². The van der Waals surface area contributed by atoms with Gasteiger partial charge in [0.25, 0.3) is 5.91 Å². The van der Waals surface area contributed by atoms with Crippen molar-refractivity contribution in [1.82, 2.24) is 5.32 Å². The van der Waals surface area contributed by atoms with Crippen LogP contribution in [-0.2, 0) is 20.9 Å². The number of anilines is 2. The lowest BCUT2D eigenvalue weighted by atomic mass is 10.1. The number of amides is 3. The predicted octanol–water partition coefficient (Wildman–Crippen LogP) is 3.58. The van der Waals surface area contributed by atoms with Gasteiger partial charge in [-0.25, -0.2) is 0 Å². The van der Waals surface area contributed by atoms with Crippen molar-refractivity contribution in [2.45, 2.75) is 26.8 Å². The molecule has 0 bridgehead atoms. The Morgan fingerprint density at radius 2 is 1.88 bits per heavy atom. The zero-order valence-corrected chi connectivity index (χ0v) is 19.2. The van der Waals surface area contributed by atoms with Crippen LogP contribution in [0.5, 0.6) is 5.75 Å². The molecule has 1 fully saturated rings. The van der Waals surface area contributed by atoms with Crippen LogP contribution in [0.4, 0.5) is 11.4 Å². The molecule has 1 saturated heterocycles. The number of hydrogen-bond donors (Lipinski definition) is 2. The van der Waals surface area contributed by atoms with E-state index < -0.39 is 5.92 Å². The van der Waals surface area contributed by atoms with E-state index >= 15 is 0 Å². The summed E-state index contributed by atoms with van der Waals surface area (Å²) in [5.41, 5.74) is 3.56. The monoisotopic (exact) mass is 461 g/mol. The van der Waals surface area contributed by atoms with Crippen LogP contribution in [0.25, 0.3) is 0 Å². The molecule has 0 unspecified atom stereocenters. The Morgan fingerprint density at radius 1 is 1.09 bits per heavy atom. The molecule has 8 nitrogen and oxygen atoms in total. The summed E-state index contributed by atoms with van der Waals surface area (Å²) >= 11 is 0. The van der Waals surface area contributed by atoms with E-state index in [9.17, 15) is 14.4 Å². The smallest absolute Gasteiger partial charge is 0.262 e. The van der Waals surface area contributed by atoms with E-state index in [0.29, 0.717) is 30.3 Å². The van der Waals surface area contributed by atoms with E-state index in [1.54, 1.807) is 47.6 Å². The molecule has 3 amide bonds. The molecule has 1 aliphatic heterocycles. The molecular formula is C26H27N3O5. The Bertz CT molecular complexity index is 1170. The Morgan fingerprint density at radius 3 is 2.62 bits per heavy atom. The number of nitrogens with zero attached hydrogens (tertiary/aromatic N) is 1. The third-order valence-electron chi connectivity index (χ3n) is 5.91. The van der Waals surface area contributed by atoms with E-state index in [4.69, 9.17) is 9.15 Å². The van der Waals surface area contributed by atoms with Crippen molar-refractivity contribution >= 4 is 29.1 Å². The molecular weight excluding hydrogens is 434 g/mol. The number of nitrogens with one attached hydrogen (secondary N) is 2. The second-order valence-electron chi connectivity index (χ2n) is 8.28. The number of carbonyl (C=O) groups is 3. The van der Waals surface area contributed by atoms with Gasteiger partial charge < -0.3 is 24.7 Å². The van der Waals surface area contributed by atoms with Gasteiger partial charge in [0.05, 0.1) is 18.7 Å². The number of ether oxygens (including phenoxy) is 1. The van der Waals surface area contributed by atoms with Crippen molar-refractivity contribution in [3.05, 3.63) is 77.7 Å². The summed E-state index contributed by atoms with van der Waals surface area (Å²) in [6.45, 7) is 4.41. The van der Waals surface area contributed by atoms with Crippen molar-refractivity contribution in [1.29, 1.82) is 0 Å². The quantitative estimate of drug-likeness (QED) is 0.534. The molecule has 3 aromatic rings. The van der Waals surface area contributed by atoms with Crippen molar-refractivity contribution < 1.29 is 23.5 Å². The minimum Gasteiger partial charge on any atom is -0.484 e. The van der Waals surface area contributed by atoms with Gasteiger partial charge in [-0.15, -0.1) is 0 Å². The molecule has 0 radical (unpaired) electrons. The Labute approximate surface area is 197 Å². The maximum Gasteiger partial charge on any atom is 0.262 e. The summed E-state index contributed by atoms with van der Waals surface area (Å²) in [7, 11) is 0. The molecule has 2 aromatic carbocycles. The number of hydrogen-bond acceptors (Lipinski definition) is 5. The van der Waals surface area contributed by atoms with Gasteiger partial charge in [0, 0.05) is 24.3 Å². The lowest BCUT2D eigenvalue weighted by molar-refractivity contribution is -0.126. The summed E-state index contributed by atoms with van der Waals surface area (Å²) in [5.74, 6) is 0.205. The zero-order chi connectivity index (χ0) is 24.1. The first-order valence-electron chi connectivity index (χ1n) is 11.1. The number of aryl methyl sites for hydroxylation is 1. The van der Waals surface area contributed by atoms with Crippen molar-refractivity contribution in [2.24, 2.45) is 5.92 Å². The van der Waals surface area contributed by atoms with Gasteiger partial charge in [0.15, 0.2) is 6.61 Å². The van der Waals surface area contributed by atoms with Gasteiger partial charge in [-0.1, -0.05) is 12.1 Å². The first-order chi connectivity index (χ1) is 16.4. The minimum absolute atomic E-state index is 0.111. The fourth-order valence-corrected chi connectivity index (χ4v) is 3.81. The second kappa shape index (κ2) is 10.2. The van der Waals surface area contributed by atoms with Crippen LogP contribution < -0.4 is 20.3 Å². The van der Waals surface area contributed by atoms with Crippen LogP contribution in [-0.4, -0.2) is 30.9 Å². The molecule has 1 atom stereocenters. The second-order valence-corrected chi connectivity index (χ2v) is 8.28. The van der Waals surface area contributed by atoms with E-state index in [1.165, 1.54) is 0 Å². The zero-order valence-electron chi connectivity index (χ0n) is 19.2. The fraction of sp³-hybridized carbons (Fsp3) is 0.269. The lowest BCUT2D eigenvalue weighted by Crippen LogP contribution is -2.32. The van der Waals surface area contributed by atoms with Crippen molar-refractivity contribution in [3.63, 3.8) is 0 Å². The highest BCUT2D eigenvalue weighted by Gasteiger charge is 2.35. The topological polar surface area (TPSA) is 101 Å². The molecule has 0 spiro atoms. The first-order valence-corrected chi connectivity index (χ1v) is 11.1. The molecule has 1 aliphatic rings. The molecule has 0 aliphatic carbocycles. The summed E-state index contributed by atoms with van der Waals surface area (Å²) in [5, 5.41) is 5.67. The molecule has 8 heteroatoms. The van der Waals surface area contributed by atoms with Gasteiger partial charge in [-0.05, 0) is 67.4 Å². The summed E-state index contributed by atoms with van der Waals surface area (Å²) < 4.78 is 10.8. The minimum atomic E-state index is -0.424. The van der Waals surface area contributed by atoms with Crippen LogP contribution in [0.2, 0.25) is 0 Å². The summed E-state index contributed by atoms with van der Waals surface area (Å²) in [4.78, 5) is 38.8. The Kier molecular flexibility index (Phi) is 6.96. The first kappa shape index (κ1) is 23.1.